The van der Waals surface area contributed by atoms with Crippen molar-refractivity contribution >= 4 is 6.16 Å². The van der Waals surface area contributed by atoms with E-state index in [-0.39, 0.29) is 11.6 Å². The lowest BCUT2D eigenvalue weighted by molar-refractivity contribution is 0.143. The lowest BCUT2D eigenvalue weighted by Gasteiger charge is -1.99. The highest BCUT2D eigenvalue weighted by Gasteiger charge is 2.15. The maximum absolute atomic E-state index is 10.4. The van der Waals surface area contributed by atoms with E-state index in [1.54, 1.807) is 24.3 Å². The maximum Gasteiger partial charge on any atom is 0.512 e. The van der Waals surface area contributed by atoms with Crippen molar-refractivity contribution in [3.05, 3.63) is 36.2 Å². The first kappa shape index (κ1) is 10.7. The van der Waals surface area contributed by atoms with Gasteiger partial charge in [0.2, 0.25) is 0 Å². The molecular formula is C11H6N2O4. The molecule has 0 fully saturated rings. The number of carbonyl (C=O) groups is 1. The Labute approximate surface area is 95.7 Å². The van der Waals surface area contributed by atoms with Crippen LogP contribution < -0.4 is 4.74 Å². The average Bonchev–Trinajstić information content (AvgIpc) is 2.76. The van der Waals surface area contributed by atoms with Crippen LogP contribution in [-0.2, 0) is 0 Å². The van der Waals surface area contributed by atoms with Gasteiger partial charge in [0.05, 0.1) is 11.6 Å². The molecule has 6 heteroatoms. The quantitative estimate of drug-likeness (QED) is 0.795. The van der Waals surface area contributed by atoms with Crippen molar-refractivity contribution in [1.29, 1.82) is 5.26 Å². The molecule has 0 atom stereocenters. The van der Waals surface area contributed by atoms with Gasteiger partial charge in [-0.3, -0.25) is 0 Å². The molecule has 0 spiro atoms. The maximum atomic E-state index is 10.4. The second-order valence-electron chi connectivity index (χ2n) is 3.05. The number of aromatic nitrogens is 1. The molecule has 1 heterocycles. The fourth-order valence-electron chi connectivity index (χ4n) is 1.31. The number of oxazole rings is 1. The lowest BCUT2D eigenvalue weighted by atomic mass is 10.1. The van der Waals surface area contributed by atoms with Crippen LogP contribution in [-0.4, -0.2) is 16.2 Å². The highest BCUT2D eigenvalue weighted by molar-refractivity contribution is 5.68. The lowest BCUT2D eigenvalue weighted by Crippen LogP contribution is -2.03. The molecule has 6 nitrogen and oxygen atoms in total. The van der Waals surface area contributed by atoms with Gasteiger partial charge in [-0.1, -0.05) is 12.1 Å². The molecule has 1 aromatic heterocycles. The van der Waals surface area contributed by atoms with Gasteiger partial charge in [0.25, 0.3) is 5.88 Å². The van der Waals surface area contributed by atoms with Crippen LogP contribution in [0.1, 0.15) is 5.56 Å². The Kier molecular flexibility index (Phi) is 2.75. The molecule has 2 rings (SSSR count). The van der Waals surface area contributed by atoms with Gasteiger partial charge >= 0.3 is 6.16 Å². The van der Waals surface area contributed by atoms with E-state index < -0.39 is 6.16 Å². The molecule has 1 aromatic carbocycles. The number of nitrogens with zero attached hydrogens (tertiary/aromatic N) is 2. The van der Waals surface area contributed by atoms with Crippen molar-refractivity contribution in [1.82, 2.24) is 4.98 Å². The van der Waals surface area contributed by atoms with Crippen molar-refractivity contribution in [2.75, 3.05) is 0 Å². The SMILES string of the molecule is N#Cc1cccc(-c2ocnc2OC(=O)O)c1. The Morgan fingerprint density at radius 1 is 1.53 bits per heavy atom. The average molecular weight is 230 g/mol. The number of nitriles is 1. The molecule has 0 aliphatic carbocycles. The van der Waals surface area contributed by atoms with Crippen LogP contribution in [0.3, 0.4) is 0 Å². The van der Waals surface area contributed by atoms with E-state index in [1.807, 2.05) is 6.07 Å². The van der Waals surface area contributed by atoms with Crippen LogP contribution in [0, 0.1) is 11.3 Å². The van der Waals surface area contributed by atoms with Gasteiger partial charge in [-0.15, -0.1) is 0 Å². The van der Waals surface area contributed by atoms with E-state index in [9.17, 15) is 4.79 Å². The summed E-state index contributed by atoms with van der Waals surface area (Å²) in [6.07, 6.45) is -0.399. The minimum atomic E-state index is -1.48. The first-order chi connectivity index (χ1) is 8.20. The Morgan fingerprint density at radius 2 is 2.35 bits per heavy atom. The normalized spacial score (nSPS) is 9.59. The largest absolute Gasteiger partial charge is 0.512 e. The third kappa shape index (κ3) is 2.23. The van der Waals surface area contributed by atoms with Crippen molar-refractivity contribution < 1.29 is 19.1 Å². The number of hydrogen-bond donors (Lipinski definition) is 1. The fraction of sp³-hybridized carbons (Fsp3) is 0. The zero-order valence-corrected chi connectivity index (χ0v) is 8.45. The molecule has 0 bridgehead atoms. The van der Waals surface area contributed by atoms with Gasteiger partial charge in [0.1, 0.15) is 0 Å². The van der Waals surface area contributed by atoms with E-state index >= 15 is 0 Å². The molecule has 17 heavy (non-hydrogen) atoms. The summed E-state index contributed by atoms with van der Waals surface area (Å²) in [5, 5.41) is 17.3. The van der Waals surface area contributed by atoms with Crippen LogP contribution in [0.4, 0.5) is 4.79 Å². The summed E-state index contributed by atoms with van der Waals surface area (Å²) in [6, 6.07) is 8.46. The molecule has 0 radical (unpaired) electrons. The molecule has 0 aliphatic heterocycles. The molecule has 2 aromatic rings. The molecule has 0 aliphatic rings. The van der Waals surface area contributed by atoms with Crippen molar-refractivity contribution in [2.24, 2.45) is 0 Å². The molecule has 1 N–H and O–H groups in total. The van der Waals surface area contributed by atoms with Crippen LogP contribution in [0.2, 0.25) is 0 Å². The standard InChI is InChI=1S/C11H6N2O4/c12-5-7-2-1-3-8(4-7)9-10(13-6-16-9)17-11(14)15/h1-4,6H,(H,14,15). The second kappa shape index (κ2) is 4.37. The first-order valence-corrected chi connectivity index (χ1v) is 4.55. The first-order valence-electron chi connectivity index (χ1n) is 4.55. The van der Waals surface area contributed by atoms with Crippen molar-refractivity contribution in [2.45, 2.75) is 0 Å². The zero-order valence-electron chi connectivity index (χ0n) is 8.45. The number of rotatable bonds is 2. The zero-order chi connectivity index (χ0) is 12.3. The fourth-order valence-corrected chi connectivity index (χ4v) is 1.31. The molecule has 84 valence electrons. The van der Waals surface area contributed by atoms with Gasteiger partial charge in [-0.2, -0.15) is 10.2 Å². The van der Waals surface area contributed by atoms with E-state index in [1.165, 1.54) is 0 Å². The molecule has 0 amide bonds. The van der Waals surface area contributed by atoms with Crippen molar-refractivity contribution in [3.63, 3.8) is 0 Å². The van der Waals surface area contributed by atoms with Gasteiger partial charge in [-0.25, -0.2) is 4.79 Å². The van der Waals surface area contributed by atoms with E-state index in [2.05, 4.69) is 9.72 Å². The molecule has 0 saturated carbocycles. The summed E-state index contributed by atoms with van der Waals surface area (Å²) in [5.74, 6) is 0.0251. The Bertz CT molecular complexity index is 598. The monoisotopic (exact) mass is 230 g/mol. The third-order valence-electron chi connectivity index (χ3n) is 1.97. The predicted octanol–water partition coefficient (Wildman–Crippen LogP) is 2.27. The predicted molar refractivity (Wildman–Crippen MR) is 55.3 cm³/mol. The summed E-state index contributed by atoms with van der Waals surface area (Å²) in [7, 11) is 0. The van der Waals surface area contributed by atoms with E-state index in [0.717, 1.165) is 6.39 Å². The smallest absolute Gasteiger partial charge is 0.449 e. The summed E-state index contributed by atoms with van der Waals surface area (Å²) in [6.45, 7) is 0. The van der Waals surface area contributed by atoms with Crippen LogP contribution in [0.25, 0.3) is 11.3 Å². The number of ether oxygens (including phenoxy) is 1. The number of hydrogen-bond acceptors (Lipinski definition) is 5. The molecule has 0 unspecified atom stereocenters. The van der Waals surface area contributed by atoms with Crippen molar-refractivity contribution in [3.8, 4) is 23.3 Å². The Morgan fingerprint density at radius 3 is 3.06 bits per heavy atom. The van der Waals surface area contributed by atoms with Crippen LogP contribution in [0.5, 0.6) is 5.88 Å². The number of carboxylic acid groups (broad SMARTS) is 1. The number of benzene rings is 1. The minimum absolute atomic E-state index is 0.146. The Hall–Kier alpha value is -2.81. The van der Waals surface area contributed by atoms with Gasteiger partial charge in [0, 0.05) is 5.56 Å². The molecular weight excluding hydrogens is 224 g/mol. The highest BCUT2D eigenvalue weighted by atomic mass is 16.7. The van der Waals surface area contributed by atoms with Gasteiger partial charge in [-0.05, 0) is 12.1 Å². The third-order valence-corrected chi connectivity index (χ3v) is 1.97. The van der Waals surface area contributed by atoms with Gasteiger partial charge < -0.3 is 14.3 Å². The van der Waals surface area contributed by atoms with E-state index in [4.69, 9.17) is 14.8 Å². The molecule has 0 saturated heterocycles. The summed E-state index contributed by atoms with van der Waals surface area (Å²) < 4.78 is 9.48. The summed E-state index contributed by atoms with van der Waals surface area (Å²) in [5.41, 5.74) is 0.956. The minimum Gasteiger partial charge on any atom is -0.449 e. The summed E-state index contributed by atoms with van der Waals surface area (Å²) in [4.78, 5) is 14.1. The summed E-state index contributed by atoms with van der Waals surface area (Å²) >= 11 is 0. The van der Waals surface area contributed by atoms with Gasteiger partial charge in [0.15, 0.2) is 12.2 Å². The van der Waals surface area contributed by atoms with Crippen LogP contribution >= 0.6 is 0 Å². The second-order valence-corrected chi connectivity index (χ2v) is 3.05. The highest BCUT2D eigenvalue weighted by Crippen LogP contribution is 2.29. The topological polar surface area (TPSA) is 96.4 Å². The Balaban J connectivity index is 2.43. The van der Waals surface area contributed by atoms with E-state index in [0.29, 0.717) is 11.1 Å². The van der Waals surface area contributed by atoms with Crippen LogP contribution in [0.15, 0.2) is 35.1 Å².